The largest absolute Gasteiger partial charge is 0.319 e. The highest BCUT2D eigenvalue weighted by Crippen LogP contribution is 2.22. The van der Waals surface area contributed by atoms with E-state index in [9.17, 15) is 9.59 Å². The van der Waals surface area contributed by atoms with Crippen molar-refractivity contribution in [2.45, 2.75) is 6.92 Å². The lowest BCUT2D eigenvalue weighted by Gasteiger charge is -2.07. The van der Waals surface area contributed by atoms with Crippen LogP contribution in [0.15, 0.2) is 41.3 Å². The minimum absolute atomic E-state index is 0.145. The van der Waals surface area contributed by atoms with Crippen LogP contribution in [0.3, 0.4) is 0 Å². The maximum Gasteiger partial charge on any atom is 0.307 e. The molecule has 0 saturated carbocycles. The Morgan fingerprint density at radius 3 is 2.76 bits per heavy atom. The Hall–Kier alpha value is -2.47. The molecule has 0 aliphatic carbocycles. The minimum Gasteiger partial charge on any atom is -0.319 e. The molecule has 1 amide bonds. The number of nitrogens with zero attached hydrogens (tertiary/aromatic N) is 2. The van der Waals surface area contributed by atoms with Gasteiger partial charge in [0.1, 0.15) is 4.88 Å². The molecule has 0 aliphatic heterocycles. The fraction of sp³-hybridized carbons (Fsp3) is 0.133. The number of thiazole rings is 1. The van der Waals surface area contributed by atoms with Crippen LogP contribution in [0.4, 0.5) is 5.69 Å². The maximum atomic E-state index is 12.4. The van der Waals surface area contributed by atoms with E-state index in [4.69, 9.17) is 0 Å². The first kappa shape index (κ1) is 13.5. The van der Waals surface area contributed by atoms with Crippen molar-refractivity contribution >= 4 is 33.8 Å². The van der Waals surface area contributed by atoms with Crippen LogP contribution in [-0.2, 0) is 7.05 Å². The Labute approximate surface area is 124 Å². The third kappa shape index (κ3) is 2.34. The van der Waals surface area contributed by atoms with Gasteiger partial charge >= 0.3 is 4.87 Å². The summed E-state index contributed by atoms with van der Waals surface area (Å²) >= 11 is 0.949. The van der Waals surface area contributed by atoms with Gasteiger partial charge in [-0.2, -0.15) is 0 Å². The normalized spacial score (nSPS) is 10.8. The van der Waals surface area contributed by atoms with Crippen LogP contribution in [0, 0.1) is 6.92 Å². The second-order valence-corrected chi connectivity index (χ2v) is 5.64. The highest BCUT2D eigenvalue weighted by Gasteiger charge is 2.16. The lowest BCUT2D eigenvalue weighted by molar-refractivity contribution is 0.102. The molecular formula is C15H13N3O2S. The van der Waals surface area contributed by atoms with Gasteiger partial charge in [0.15, 0.2) is 0 Å². The summed E-state index contributed by atoms with van der Waals surface area (Å²) in [6, 6.07) is 9.38. The molecule has 0 saturated heterocycles. The predicted octanol–water partition coefficient (Wildman–Crippen LogP) is 2.56. The molecule has 106 valence electrons. The molecular weight excluding hydrogens is 286 g/mol. The van der Waals surface area contributed by atoms with Gasteiger partial charge in [-0.1, -0.05) is 29.5 Å². The highest BCUT2D eigenvalue weighted by atomic mass is 32.1. The molecule has 1 N–H and O–H groups in total. The second kappa shape index (κ2) is 5.14. The van der Waals surface area contributed by atoms with E-state index in [-0.39, 0.29) is 10.8 Å². The van der Waals surface area contributed by atoms with Crippen molar-refractivity contribution in [2.24, 2.45) is 7.05 Å². The Morgan fingerprint density at radius 1 is 1.29 bits per heavy atom. The van der Waals surface area contributed by atoms with Gasteiger partial charge < -0.3 is 9.88 Å². The predicted molar refractivity (Wildman–Crippen MR) is 84.0 cm³/mol. The number of hydrogen-bond donors (Lipinski definition) is 1. The van der Waals surface area contributed by atoms with E-state index in [0.29, 0.717) is 16.3 Å². The number of hydrogen-bond acceptors (Lipinski definition) is 4. The number of aromatic nitrogens is 2. The fourth-order valence-electron chi connectivity index (χ4n) is 2.11. The molecule has 0 aliphatic rings. The van der Waals surface area contributed by atoms with E-state index in [1.54, 1.807) is 26.2 Å². The van der Waals surface area contributed by atoms with Gasteiger partial charge in [-0.05, 0) is 19.1 Å². The number of anilines is 1. The van der Waals surface area contributed by atoms with Crippen molar-refractivity contribution in [3.8, 4) is 0 Å². The molecule has 3 rings (SSSR count). The average Bonchev–Trinajstić information content (AvgIpc) is 2.75. The summed E-state index contributed by atoms with van der Waals surface area (Å²) in [6.07, 6.45) is 1.68. The molecule has 21 heavy (non-hydrogen) atoms. The summed E-state index contributed by atoms with van der Waals surface area (Å²) in [4.78, 5) is 28.6. The van der Waals surface area contributed by atoms with Crippen LogP contribution in [-0.4, -0.2) is 15.5 Å². The first-order valence-corrected chi connectivity index (χ1v) is 7.21. The molecule has 6 heteroatoms. The maximum absolute atomic E-state index is 12.4. The summed E-state index contributed by atoms with van der Waals surface area (Å²) in [5.74, 6) is -0.284. The van der Waals surface area contributed by atoms with Crippen LogP contribution in [0.5, 0.6) is 0 Å². The molecule has 0 atom stereocenters. The summed E-state index contributed by atoms with van der Waals surface area (Å²) in [5.41, 5.74) is 2.03. The van der Waals surface area contributed by atoms with Gasteiger partial charge in [-0.25, -0.2) is 0 Å². The molecule has 0 bridgehead atoms. The van der Waals surface area contributed by atoms with Crippen molar-refractivity contribution < 1.29 is 4.79 Å². The molecule has 0 radical (unpaired) electrons. The van der Waals surface area contributed by atoms with E-state index in [1.165, 1.54) is 4.57 Å². The molecule has 0 fully saturated rings. The fourth-order valence-corrected chi connectivity index (χ4v) is 2.99. The smallest absolute Gasteiger partial charge is 0.307 e. The Balaban J connectivity index is 2.00. The zero-order valence-electron chi connectivity index (χ0n) is 11.6. The molecule has 3 aromatic rings. The average molecular weight is 299 g/mol. The zero-order valence-corrected chi connectivity index (χ0v) is 12.4. The zero-order chi connectivity index (χ0) is 15.0. The van der Waals surface area contributed by atoms with Gasteiger partial charge in [-0.15, -0.1) is 0 Å². The number of nitrogens with one attached hydrogen (secondary N) is 1. The van der Waals surface area contributed by atoms with Crippen LogP contribution in [0.25, 0.3) is 10.9 Å². The lowest BCUT2D eigenvalue weighted by Crippen LogP contribution is -2.13. The molecule has 1 aromatic carbocycles. The summed E-state index contributed by atoms with van der Waals surface area (Å²) in [7, 11) is 1.66. The van der Waals surface area contributed by atoms with Gasteiger partial charge in [0.25, 0.3) is 5.91 Å². The van der Waals surface area contributed by atoms with Gasteiger partial charge in [0.05, 0.1) is 11.2 Å². The quantitative estimate of drug-likeness (QED) is 0.791. The van der Waals surface area contributed by atoms with E-state index >= 15 is 0 Å². The number of para-hydroxylation sites is 1. The van der Waals surface area contributed by atoms with E-state index in [2.05, 4.69) is 10.3 Å². The summed E-state index contributed by atoms with van der Waals surface area (Å²) in [6.45, 7) is 1.76. The second-order valence-electron chi connectivity index (χ2n) is 4.68. The minimum atomic E-state index is -0.284. The van der Waals surface area contributed by atoms with Crippen molar-refractivity contribution in [2.75, 3.05) is 5.32 Å². The third-order valence-corrected chi connectivity index (χ3v) is 4.52. The third-order valence-electron chi connectivity index (χ3n) is 3.38. The number of fused-ring (bicyclic) bond motifs is 1. The monoisotopic (exact) mass is 299 g/mol. The summed E-state index contributed by atoms with van der Waals surface area (Å²) < 4.78 is 1.47. The topological polar surface area (TPSA) is 64.0 Å². The molecule has 2 aromatic heterocycles. The van der Waals surface area contributed by atoms with Gasteiger partial charge in [0.2, 0.25) is 0 Å². The highest BCUT2D eigenvalue weighted by molar-refractivity contribution is 7.11. The molecule has 2 heterocycles. The number of benzene rings is 1. The molecule has 5 nitrogen and oxygen atoms in total. The van der Waals surface area contributed by atoms with Gasteiger partial charge in [0, 0.05) is 24.3 Å². The van der Waals surface area contributed by atoms with E-state index < -0.39 is 0 Å². The van der Waals surface area contributed by atoms with Crippen molar-refractivity contribution in [1.29, 1.82) is 0 Å². The van der Waals surface area contributed by atoms with Crippen molar-refractivity contribution in [3.63, 3.8) is 0 Å². The van der Waals surface area contributed by atoms with Crippen LogP contribution >= 0.6 is 11.3 Å². The standard InChI is InChI=1S/C15H13N3O2S/c1-9-13(21-15(20)18(9)2)14(19)17-11-7-3-5-10-6-4-8-16-12(10)11/h3-8H,1-2H3,(H,17,19). The number of carbonyl (C=O) groups is 1. The number of pyridine rings is 1. The van der Waals surface area contributed by atoms with Crippen LogP contribution in [0.2, 0.25) is 0 Å². The lowest BCUT2D eigenvalue weighted by atomic mass is 10.2. The van der Waals surface area contributed by atoms with Crippen molar-refractivity contribution in [3.05, 3.63) is 56.8 Å². The number of amides is 1. The van der Waals surface area contributed by atoms with Crippen molar-refractivity contribution in [1.82, 2.24) is 9.55 Å². The number of carbonyl (C=O) groups excluding carboxylic acids is 1. The van der Waals surface area contributed by atoms with Crippen LogP contribution < -0.4 is 10.2 Å². The summed E-state index contributed by atoms with van der Waals surface area (Å²) in [5, 5.41) is 3.79. The SMILES string of the molecule is Cc1c(C(=O)Nc2cccc3cccnc23)sc(=O)n1C. The molecule has 0 spiro atoms. The Kier molecular flexibility index (Phi) is 3.31. The first-order chi connectivity index (χ1) is 10.1. The van der Waals surface area contributed by atoms with Gasteiger partial charge in [-0.3, -0.25) is 14.6 Å². The first-order valence-electron chi connectivity index (χ1n) is 6.39. The Morgan fingerprint density at radius 2 is 2.05 bits per heavy atom. The number of rotatable bonds is 2. The van der Waals surface area contributed by atoms with E-state index in [1.807, 2.05) is 24.3 Å². The molecule has 0 unspecified atom stereocenters. The van der Waals surface area contributed by atoms with Crippen LogP contribution in [0.1, 0.15) is 15.4 Å². The van der Waals surface area contributed by atoms with E-state index in [0.717, 1.165) is 22.2 Å². The Bertz CT molecular complexity index is 890.